The van der Waals surface area contributed by atoms with E-state index in [1.807, 2.05) is 0 Å². The van der Waals surface area contributed by atoms with Gasteiger partial charge in [-0.05, 0) is 18.4 Å². The van der Waals surface area contributed by atoms with Crippen LogP contribution in [0.4, 0.5) is 14.7 Å². The molecule has 1 saturated carbocycles. The molecule has 136 valence electrons. The predicted molar refractivity (Wildman–Crippen MR) is 93.3 cm³/mol. The summed E-state index contributed by atoms with van der Waals surface area (Å²) < 4.78 is 31.0. The Morgan fingerprint density at radius 1 is 1.15 bits per heavy atom. The Morgan fingerprint density at radius 3 is 2.65 bits per heavy atom. The van der Waals surface area contributed by atoms with Crippen molar-refractivity contribution in [2.45, 2.75) is 44.8 Å². The van der Waals surface area contributed by atoms with E-state index >= 15 is 0 Å². The molecule has 3 aromatic rings. The largest absolute Gasteiger partial charge is 0.471 e. The first-order chi connectivity index (χ1) is 12.7. The van der Waals surface area contributed by atoms with Crippen molar-refractivity contribution in [1.29, 1.82) is 0 Å². The Labute approximate surface area is 149 Å². The Bertz CT molecular complexity index is 875. The highest BCUT2D eigenvalue weighted by Crippen LogP contribution is 2.25. The quantitative estimate of drug-likeness (QED) is 0.689. The number of aromatic nitrogens is 4. The zero-order valence-electron chi connectivity index (χ0n) is 14.1. The van der Waals surface area contributed by atoms with Crippen LogP contribution >= 0.6 is 0 Å². The summed E-state index contributed by atoms with van der Waals surface area (Å²) in [4.78, 5) is 15.9. The number of ether oxygens (including phenoxy) is 1. The molecule has 0 aliphatic heterocycles. The van der Waals surface area contributed by atoms with E-state index in [1.54, 1.807) is 12.1 Å². The van der Waals surface area contributed by atoms with E-state index in [1.165, 1.54) is 31.3 Å². The molecule has 1 aromatic carbocycles. The minimum absolute atomic E-state index is 0.00521. The lowest BCUT2D eigenvalue weighted by Gasteiger charge is -2.09. The van der Waals surface area contributed by atoms with Gasteiger partial charge in [0, 0.05) is 11.6 Å². The topological polar surface area (TPSA) is 75.7 Å². The number of hydrogen-bond acceptors (Lipinski definition) is 5. The van der Waals surface area contributed by atoms with Crippen LogP contribution < -0.4 is 10.1 Å². The molecular formula is C18H19F2N5O. The van der Waals surface area contributed by atoms with Crippen LogP contribution in [0.15, 0.2) is 30.6 Å². The molecule has 0 atom stereocenters. The van der Waals surface area contributed by atoms with Crippen molar-refractivity contribution < 1.29 is 13.5 Å². The molecule has 1 aliphatic rings. The fourth-order valence-electron chi connectivity index (χ4n) is 3.16. The van der Waals surface area contributed by atoms with Crippen molar-refractivity contribution in [2.24, 2.45) is 0 Å². The highest BCUT2D eigenvalue weighted by atomic mass is 19.3. The average Bonchev–Trinajstić information content (AvgIpc) is 3.30. The van der Waals surface area contributed by atoms with Crippen LogP contribution in [0.3, 0.4) is 0 Å². The number of anilines is 1. The normalized spacial score (nSPS) is 15.0. The summed E-state index contributed by atoms with van der Waals surface area (Å²) in [7, 11) is 0. The summed E-state index contributed by atoms with van der Waals surface area (Å²) in [6, 6.07) is 6.48. The molecule has 4 rings (SSSR count). The molecule has 2 heterocycles. The number of nitrogens with zero attached hydrogens (tertiary/aromatic N) is 3. The fourth-order valence-corrected chi connectivity index (χ4v) is 3.16. The number of aromatic amines is 1. The summed E-state index contributed by atoms with van der Waals surface area (Å²) in [5.41, 5.74) is 1.93. The average molecular weight is 359 g/mol. The van der Waals surface area contributed by atoms with Crippen LogP contribution in [0.2, 0.25) is 0 Å². The second-order valence-electron chi connectivity index (χ2n) is 6.42. The number of benzene rings is 1. The van der Waals surface area contributed by atoms with Gasteiger partial charge in [-0.3, -0.25) is 0 Å². The molecule has 2 N–H and O–H groups in total. The van der Waals surface area contributed by atoms with Gasteiger partial charge >= 0.3 is 0 Å². The highest BCUT2D eigenvalue weighted by molar-refractivity contribution is 5.78. The van der Waals surface area contributed by atoms with E-state index in [-0.39, 0.29) is 12.2 Å². The van der Waals surface area contributed by atoms with E-state index in [0.29, 0.717) is 29.0 Å². The molecule has 8 heteroatoms. The molecule has 0 saturated heterocycles. The van der Waals surface area contributed by atoms with E-state index in [2.05, 4.69) is 25.3 Å². The maximum atomic E-state index is 12.6. The van der Waals surface area contributed by atoms with Crippen LogP contribution in [-0.2, 0) is 6.61 Å². The minimum Gasteiger partial charge on any atom is -0.471 e. The molecular weight excluding hydrogens is 340 g/mol. The molecule has 0 amide bonds. The van der Waals surface area contributed by atoms with Crippen molar-refractivity contribution in [1.82, 2.24) is 19.9 Å². The molecule has 6 nitrogen and oxygen atoms in total. The van der Waals surface area contributed by atoms with Gasteiger partial charge in [0.05, 0.1) is 0 Å². The van der Waals surface area contributed by atoms with Crippen LogP contribution in [0.25, 0.3) is 11.2 Å². The van der Waals surface area contributed by atoms with E-state index < -0.39 is 6.43 Å². The summed E-state index contributed by atoms with van der Waals surface area (Å²) in [6.45, 7) is 0.222. The fraction of sp³-hybridized carbons (Fsp3) is 0.389. The number of H-pyrrole nitrogens is 1. The predicted octanol–water partition coefficient (Wildman–Crippen LogP) is 4.22. The van der Waals surface area contributed by atoms with E-state index in [9.17, 15) is 8.78 Å². The zero-order valence-corrected chi connectivity index (χ0v) is 14.1. The van der Waals surface area contributed by atoms with Crippen LogP contribution in [0.1, 0.15) is 43.2 Å². The summed E-state index contributed by atoms with van der Waals surface area (Å²) >= 11 is 0. The van der Waals surface area contributed by atoms with Gasteiger partial charge < -0.3 is 15.0 Å². The monoisotopic (exact) mass is 359 g/mol. The Morgan fingerprint density at radius 2 is 1.92 bits per heavy atom. The minimum atomic E-state index is -2.47. The van der Waals surface area contributed by atoms with Gasteiger partial charge in [-0.25, -0.2) is 13.8 Å². The van der Waals surface area contributed by atoms with Gasteiger partial charge in [0.1, 0.15) is 18.5 Å². The molecule has 1 aliphatic carbocycles. The number of halogens is 2. The van der Waals surface area contributed by atoms with Gasteiger partial charge in [-0.1, -0.05) is 37.1 Å². The summed E-state index contributed by atoms with van der Waals surface area (Å²) in [5, 5.41) is 3.39. The smallest absolute Gasteiger partial charge is 0.263 e. The second kappa shape index (κ2) is 7.23. The van der Waals surface area contributed by atoms with Crippen molar-refractivity contribution in [3.63, 3.8) is 0 Å². The van der Waals surface area contributed by atoms with Gasteiger partial charge in [0.2, 0.25) is 11.8 Å². The number of rotatable bonds is 6. The lowest BCUT2D eigenvalue weighted by molar-refractivity contribution is 0.151. The Balaban J connectivity index is 1.48. The first-order valence-corrected chi connectivity index (χ1v) is 8.66. The number of nitrogens with one attached hydrogen (secondary N) is 2. The molecule has 0 radical (unpaired) electrons. The van der Waals surface area contributed by atoms with E-state index in [0.717, 1.165) is 18.4 Å². The molecule has 2 aromatic heterocycles. The maximum absolute atomic E-state index is 12.6. The maximum Gasteiger partial charge on any atom is 0.263 e. The third-order valence-electron chi connectivity index (χ3n) is 4.56. The van der Waals surface area contributed by atoms with Gasteiger partial charge in [-0.15, -0.1) is 0 Å². The van der Waals surface area contributed by atoms with Crippen LogP contribution in [0, 0.1) is 0 Å². The van der Waals surface area contributed by atoms with Gasteiger partial charge in [0.15, 0.2) is 5.65 Å². The number of alkyl halides is 2. The van der Waals surface area contributed by atoms with Crippen molar-refractivity contribution in [3.8, 4) is 5.88 Å². The summed E-state index contributed by atoms with van der Waals surface area (Å²) in [6.07, 6.45) is 3.67. The van der Waals surface area contributed by atoms with Crippen LogP contribution in [-0.4, -0.2) is 26.0 Å². The second-order valence-corrected chi connectivity index (χ2v) is 6.42. The molecule has 1 fully saturated rings. The highest BCUT2D eigenvalue weighted by Gasteiger charge is 2.17. The first kappa shape index (κ1) is 16.7. The molecule has 0 unspecified atom stereocenters. The number of hydrogen-bond donors (Lipinski definition) is 2. The van der Waals surface area contributed by atoms with Crippen molar-refractivity contribution in [3.05, 3.63) is 41.7 Å². The lowest BCUT2D eigenvalue weighted by Crippen LogP contribution is -2.15. The molecule has 0 bridgehead atoms. The first-order valence-electron chi connectivity index (χ1n) is 8.66. The number of imidazole rings is 1. The number of fused-ring (bicyclic) bond motifs is 1. The SMILES string of the molecule is FC(F)c1ccc(COc2ncnc3nc(NC4CCCC4)[nH]c23)cc1. The van der Waals surface area contributed by atoms with Gasteiger partial charge in [0.25, 0.3) is 6.43 Å². The van der Waals surface area contributed by atoms with Gasteiger partial charge in [-0.2, -0.15) is 9.97 Å². The summed E-state index contributed by atoms with van der Waals surface area (Å²) in [5.74, 6) is 1.05. The Hall–Kier alpha value is -2.77. The van der Waals surface area contributed by atoms with Crippen molar-refractivity contribution in [2.75, 3.05) is 5.32 Å². The Kier molecular flexibility index (Phi) is 4.64. The standard InChI is InChI=1S/C18H19F2N5O/c19-15(20)12-7-5-11(6-8-12)9-26-17-14-16(21-10-22-17)25-18(24-14)23-13-3-1-2-4-13/h5-8,10,13,15H,1-4,9H2,(H2,21,22,23,24,25). The van der Waals surface area contributed by atoms with Crippen LogP contribution in [0.5, 0.6) is 5.88 Å². The lowest BCUT2D eigenvalue weighted by atomic mass is 10.1. The van der Waals surface area contributed by atoms with Crippen molar-refractivity contribution >= 4 is 17.1 Å². The molecule has 26 heavy (non-hydrogen) atoms. The van der Waals surface area contributed by atoms with E-state index in [4.69, 9.17) is 4.74 Å². The third-order valence-corrected chi connectivity index (χ3v) is 4.56. The third kappa shape index (κ3) is 3.58. The molecule has 0 spiro atoms. The zero-order chi connectivity index (χ0) is 17.9.